The fourth-order valence-corrected chi connectivity index (χ4v) is 3.21. The lowest BCUT2D eigenvalue weighted by Crippen LogP contribution is -1.96. The zero-order valence-electron chi connectivity index (χ0n) is 15.8. The van der Waals surface area contributed by atoms with Gasteiger partial charge in [-0.05, 0) is 18.6 Å². The van der Waals surface area contributed by atoms with Crippen LogP contribution in [0.3, 0.4) is 0 Å². The van der Waals surface area contributed by atoms with Gasteiger partial charge in [0.15, 0.2) is 5.65 Å². The molecule has 0 saturated carbocycles. The van der Waals surface area contributed by atoms with Gasteiger partial charge in [-0.1, -0.05) is 30.3 Å². The standard InChI is InChI=1S/C22H18N6O/c1-14-17(11-26-28-14)19-12-25-22-21(27-19)18(10-24-22)16-7-8-20(23-9-16)29-13-15-5-3-2-4-6-15/h2-12H,13H2,1H3,(H,24,25)(H,26,28). The summed E-state index contributed by atoms with van der Waals surface area (Å²) in [6.07, 6.45) is 7.20. The third-order valence-electron chi connectivity index (χ3n) is 4.76. The Morgan fingerprint density at radius 2 is 1.83 bits per heavy atom. The summed E-state index contributed by atoms with van der Waals surface area (Å²) >= 11 is 0. The van der Waals surface area contributed by atoms with E-state index in [1.165, 1.54) is 0 Å². The molecule has 0 unspecified atom stereocenters. The highest BCUT2D eigenvalue weighted by Gasteiger charge is 2.13. The van der Waals surface area contributed by atoms with Crippen LogP contribution in [0.1, 0.15) is 11.3 Å². The van der Waals surface area contributed by atoms with Crippen molar-refractivity contribution in [1.29, 1.82) is 0 Å². The first-order valence-corrected chi connectivity index (χ1v) is 9.25. The van der Waals surface area contributed by atoms with E-state index in [1.807, 2.05) is 55.6 Å². The van der Waals surface area contributed by atoms with E-state index in [0.717, 1.165) is 44.8 Å². The monoisotopic (exact) mass is 382 g/mol. The highest BCUT2D eigenvalue weighted by molar-refractivity contribution is 5.91. The SMILES string of the molecule is Cc1[nH]ncc1-c1cnc2[nH]cc(-c3ccc(OCc4ccccc4)nc3)c2n1. The number of nitrogens with zero attached hydrogens (tertiary/aromatic N) is 4. The van der Waals surface area contributed by atoms with Gasteiger partial charge in [0.05, 0.1) is 18.1 Å². The highest BCUT2D eigenvalue weighted by atomic mass is 16.5. The summed E-state index contributed by atoms with van der Waals surface area (Å²) in [6.45, 7) is 2.45. The lowest BCUT2D eigenvalue weighted by atomic mass is 10.1. The van der Waals surface area contributed by atoms with Gasteiger partial charge in [-0.15, -0.1) is 0 Å². The molecule has 0 aliphatic rings. The van der Waals surface area contributed by atoms with E-state index < -0.39 is 0 Å². The molecule has 0 saturated heterocycles. The molecular formula is C22H18N6O. The van der Waals surface area contributed by atoms with Crippen LogP contribution in [-0.4, -0.2) is 30.1 Å². The van der Waals surface area contributed by atoms with Crippen LogP contribution < -0.4 is 4.74 Å². The summed E-state index contributed by atoms with van der Waals surface area (Å²) in [7, 11) is 0. The molecule has 4 heterocycles. The molecule has 5 rings (SSSR count). The average molecular weight is 382 g/mol. The van der Waals surface area contributed by atoms with Crippen molar-refractivity contribution < 1.29 is 4.74 Å². The van der Waals surface area contributed by atoms with E-state index in [1.54, 1.807) is 18.6 Å². The topological polar surface area (TPSA) is 92.4 Å². The third kappa shape index (κ3) is 3.34. The van der Waals surface area contributed by atoms with Gasteiger partial charge in [-0.2, -0.15) is 5.10 Å². The van der Waals surface area contributed by atoms with Crippen molar-refractivity contribution in [2.75, 3.05) is 0 Å². The first-order valence-electron chi connectivity index (χ1n) is 9.25. The first-order chi connectivity index (χ1) is 14.3. The number of H-pyrrole nitrogens is 2. The molecule has 1 aromatic carbocycles. The number of benzene rings is 1. The summed E-state index contributed by atoms with van der Waals surface area (Å²) in [6, 6.07) is 13.9. The molecule has 2 N–H and O–H groups in total. The van der Waals surface area contributed by atoms with Gasteiger partial charge in [-0.25, -0.2) is 15.0 Å². The van der Waals surface area contributed by atoms with Crippen LogP contribution in [0.15, 0.2) is 67.3 Å². The predicted molar refractivity (Wildman–Crippen MR) is 110 cm³/mol. The number of aryl methyl sites for hydroxylation is 1. The number of hydrogen-bond acceptors (Lipinski definition) is 5. The van der Waals surface area contributed by atoms with Crippen molar-refractivity contribution in [1.82, 2.24) is 30.1 Å². The average Bonchev–Trinajstić information content (AvgIpc) is 3.39. The van der Waals surface area contributed by atoms with Crippen LogP contribution >= 0.6 is 0 Å². The number of nitrogens with one attached hydrogen (secondary N) is 2. The number of pyridine rings is 1. The van der Waals surface area contributed by atoms with Crippen LogP contribution in [-0.2, 0) is 6.61 Å². The molecule has 7 heteroatoms. The molecule has 0 fully saturated rings. The number of ether oxygens (including phenoxy) is 1. The Labute approximate surface area is 166 Å². The van der Waals surface area contributed by atoms with Crippen molar-refractivity contribution in [3.63, 3.8) is 0 Å². The Hall–Kier alpha value is -4.00. The second-order valence-electron chi connectivity index (χ2n) is 6.72. The maximum atomic E-state index is 5.78. The molecule has 29 heavy (non-hydrogen) atoms. The summed E-state index contributed by atoms with van der Waals surface area (Å²) in [5.74, 6) is 0.582. The van der Waals surface area contributed by atoms with Gasteiger partial charge in [0.1, 0.15) is 12.1 Å². The zero-order chi connectivity index (χ0) is 19.6. The molecule has 0 aliphatic heterocycles. The fourth-order valence-electron chi connectivity index (χ4n) is 3.21. The smallest absolute Gasteiger partial charge is 0.213 e. The van der Waals surface area contributed by atoms with E-state index in [4.69, 9.17) is 9.72 Å². The van der Waals surface area contributed by atoms with Crippen LogP contribution in [0.4, 0.5) is 0 Å². The molecule has 0 atom stereocenters. The molecule has 0 amide bonds. The third-order valence-corrected chi connectivity index (χ3v) is 4.76. The normalized spacial score (nSPS) is 11.1. The maximum absolute atomic E-state index is 5.78. The minimum atomic E-state index is 0.485. The number of fused-ring (bicyclic) bond motifs is 1. The van der Waals surface area contributed by atoms with E-state index >= 15 is 0 Å². The van der Waals surface area contributed by atoms with Gasteiger partial charge in [0, 0.05) is 40.8 Å². The quantitative estimate of drug-likeness (QED) is 0.473. The molecule has 0 bridgehead atoms. The Bertz CT molecular complexity index is 1260. The van der Waals surface area contributed by atoms with Gasteiger partial charge in [0.25, 0.3) is 0 Å². The molecule has 0 radical (unpaired) electrons. The highest BCUT2D eigenvalue weighted by Crippen LogP contribution is 2.29. The molecule has 142 valence electrons. The second kappa shape index (κ2) is 7.20. The Morgan fingerprint density at radius 3 is 2.59 bits per heavy atom. The van der Waals surface area contributed by atoms with Gasteiger partial charge in [0.2, 0.25) is 5.88 Å². The Balaban J connectivity index is 1.42. The summed E-state index contributed by atoms with van der Waals surface area (Å²) < 4.78 is 5.78. The summed E-state index contributed by atoms with van der Waals surface area (Å²) in [4.78, 5) is 16.9. The van der Waals surface area contributed by atoms with Crippen LogP contribution in [0.25, 0.3) is 33.5 Å². The van der Waals surface area contributed by atoms with Gasteiger partial charge < -0.3 is 9.72 Å². The van der Waals surface area contributed by atoms with Crippen molar-refractivity contribution in [3.8, 4) is 28.3 Å². The minimum Gasteiger partial charge on any atom is -0.473 e. The molecule has 7 nitrogen and oxygen atoms in total. The number of aromatic amines is 2. The van der Waals surface area contributed by atoms with E-state index in [9.17, 15) is 0 Å². The molecule has 0 aliphatic carbocycles. The van der Waals surface area contributed by atoms with Crippen molar-refractivity contribution >= 4 is 11.2 Å². The maximum Gasteiger partial charge on any atom is 0.213 e. The van der Waals surface area contributed by atoms with Crippen molar-refractivity contribution in [3.05, 3.63) is 78.5 Å². The number of aromatic nitrogens is 6. The van der Waals surface area contributed by atoms with Crippen LogP contribution in [0.2, 0.25) is 0 Å². The molecule has 0 spiro atoms. The fraction of sp³-hybridized carbons (Fsp3) is 0.0909. The Morgan fingerprint density at radius 1 is 0.931 bits per heavy atom. The lowest BCUT2D eigenvalue weighted by molar-refractivity contribution is 0.294. The van der Waals surface area contributed by atoms with E-state index in [-0.39, 0.29) is 0 Å². The van der Waals surface area contributed by atoms with E-state index in [2.05, 4.69) is 25.1 Å². The van der Waals surface area contributed by atoms with Crippen molar-refractivity contribution in [2.24, 2.45) is 0 Å². The van der Waals surface area contributed by atoms with Gasteiger partial charge in [-0.3, -0.25) is 5.10 Å². The largest absolute Gasteiger partial charge is 0.473 e. The Kier molecular flexibility index (Phi) is 4.25. The number of rotatable bonds is 5. The zero-order valence-corrected chi connectivity index (χ0v) is 15.8. The lowest BCUT2D eigenvalue weighted by Gasteiger charge is -2.06. The number of hydrogen-bond donors (Lipinski definition) is 2. The molecular weight excluding hydrogens is 364 g/mol. The van der Waals surface area contributed by atoms with E-state index in [0.29, 0.717) is 12.5 Å². The van der Waals surface area contributed by atoms with Crippen molar-refractivity contribution in [2.45, 2.75) is 13.5 Å². The predicted octanol–water partition coefficient (Wildman–Crippen LogP) is 4.30. The molecule has 4 aromatic heterocycles. The summed E-state index contributed by atoms with van der Waals surface area (Å²) in [5.41, 5.74) is 7.19. The second-order valence-corrected chi connectivity index (χ2v) is 6.72. The summed E-state index contributed by atoms with van der Waals surface area (Å²) in [5, 5.41) is 7.01. The first kappa shape index (κ1) is 17.1. The molecule has 5 aromatic rings. The van der Waals surface area contributed by atoms with Crippen LogP contribution in [0, 0.1) is 6.92 Å². The minimum absolute atomic E-state index is 0.485. The van der Waals surface area contributed by atoms with Gasteiger partial charge >= 0.3 is 0 Å². The van der Waals surface area contributed by atoms with Crippen LogP contribution in [0.5, 0.6) is 5.88 Å².